The lowest BCUT2D eigenvalue weighted by molar-refractivity contribution is -0.119. The third-order valence-corrected chi connectivity index (χ3v) is 5.23. The van der Waals surface area contributed by atoms with Crippen molar-refractivity contribution in [3.63, 3.8) is 0 Å². The largest absolute Gasteiger partial charge is 0.368 e. The molecule has 2 fully saturated rings. The fourth-order valence-corrected chi connectivity index (χ4v) is 4.00. The van der Waals surface area contributed by atoms with Gasteiger partial charge in [0.15, 0.2) is 0 Å². The van der Waals surface area contributed by atoms with E-state index in [0.29, 0.717) is 13.0 Å². The van der Waals surface area contributed by atoms with Crippen molar-refractivity contribution >= 4 is 16.0 Å². The quantitative estimate of drug-likeness (QED) is 0.546. The van der Waals surface area contributed by atoms with Crippen molar-refractivity contribution in [2.75, 3.05) is 13.7 Å². The van der Waals surface area contributed by atoms with Gasteiger partial charge in [0.05, 0.1) is 7.11 Å². The Hall–Kier alpha value is -0.660. The molecule has 0 radical (unpaired) electrons. The van der Waals surface area contributed by atoms with Crippen LogP contribution < -0.4 is 11.1 Å². The Morgan fingerprint density at radius 2 is 2.29 bits per heavy atom. The monoisotopic (exact) mass is 220 g/mol. The Morgan fingerprint density at radius 3 is 2.71 bits per heavy atom. The molecule has 1 heterocycles. The number of hydrogen-bond acceptors (Lipinski definition) is 5. The summed E-state index contributed by atoms with van der Waals surface area (Å²) >= 11 is 0. The van der Waals surface area contributed by atoms with Gasteiger partial charge in [0.25, 0.3) is 10.1 Å². The molecule has 80 valence electrons. The number of carbonyl (C=O) groups is 1. The number of carbonyl (C=O) groups excluding carboxylic acids is 1. The number of piperidine rings is 1. The van der Waals surface area contributed by atoms with E-state index in [4.69, 9.17) is 5.73 Å². The average Bonchev–Trinajstić information content (AvgIpc) is 2.73. The summed E-state index contributed by atoms with van der Waals surface area (Å²) in [6, 6.07) is -0.808. The number of hydrogen-bond donors (Lipinski definition) is 2. The summed E-state index contributed by atoms with van der Waals surface area (Å²) in [4.78, 5) is 11.0. The summed E-state index contributed by atoms with van der Waals surface area (Å²) in [5, 5.41) is 2.80. The van der Waals surface area contributed by atoms with Crippen molar-refractivity contribution in [1.29, 1.82) is 0 Å². The first-order chi connectivity index (χ1) is 6.45. The topological polar surface area (TPSA) is 98.5 Å². The van der Waals surface area contributed by atoms with E-state index in [1.54, 1.807) is 0 Å². The van der Waals surface area contributed by atoms with Crippen LogP contribution in [-0.4, -0.2) is 38.8 Å². The molecule has 6 nitrogen and oxygen atoms in total. The number of fused-ring (bicyclic) bond motifs is 1. The van der Waals surface area contributed by atoms with Crippen LogP contribution in [0.1, 0.15) is 6.42 Å². The first-order valence-electron chi connectivity index (χ1n) is 4.28. The number of rotatable bonds is 3. The van der Waals surface area contributed by atoms with Gasteiger partial charge in [-0.1, -0.05) is 0 Å². The van der Waals surface area contributed by atoms with Crippen LogP contribution in [0.3, 0.4) is 0 Å². The van der Waals surface area contributed by atoms with E-state index in [2.05, 4.69) is 9.50 Å². The lowest BCUT2D eigenvalue weighted by Crippen LogP contribution is -2.50. The highest BCUT2D eigenvalue weighted by molar-refractivity contribution is 7.88. The molecule has 3 N–H and O–H groups in total. The number of amides is 1. The molecule has 1 aliphatic heterocycles. The molecule has 1 saturated carbocycles. The Bertz CT molecular complexity index is 379. The first-order valence-corrected chi connectivity index (χ1v) is 5.69. The summed E-state index contributed by atoms with van der Waals surface area (Å²) in [6.45, 7) is 0.510. The third kappa shape index (κ3) is 0.971. The van der Waals surface area contributed by atoms with Gasteiger partial charge in [-0.15, -0.1) is 0 Å². The lowest BCUT2D eigenvalue weighted by atomic mass is 10.2. The number of nitrogens with one attached hydrogen (secondary N) is 1. The molecule has 1 saturated heterocycles. The molecule has 0 aromatic carbocycles. The summed E-state index contributed by atoms with van der Waals surface area (Å²) in [6.07, 6.45) is 0.462. The van der Waals surface area contributed by atoms with E-state index < -0.39 is 26.8 Å². The van der Waals surface area contributed by atoms with Crippen molar-refractivity contribution in [2.45, 2.75) is 17.2 Å². The Morgan fingerprint density at radius 1 is 1.64 bits per heavy atom. The van der Waals surface area contributed by atoms with E-state index in [1.807, 2.05) is 0 Å². The fraction of sp³-hybridized carbons (Fsp3) is 0.857. The second-order valence-electron chi connectivity index (χ2n) is 3.72. The van der Waals surface area contributed by atoms with Crippen LogP contribution in [0.2, 0.25) is 0 Å². The first kappa shape index (κ1) is 9.88. The highest BCUT2D eigenvalue weighted by Crippen LogP contribution is 2.56. The van der Waals surface area contributed by atoms with Gasteiger partial charge in [-0.2, -0.15) is 8.42 Å². The van der Waals surface area contributed by atoms with E-state index in [0.717, 1.165) is 7.11 Å². The van der Waals surface area contributed by atoms with E-state index in [-0.39, 0.29) is 5.92 Å². The van der Waals surface area contributed by atoms with Crippen LogP contribution >= 0.6 is 0 Å². The molecule has 0 spiro atoms. The molecular formula is C7H12N2O4S. The predicted octanol–water partition coefficient (Wildman–Crippen LogP) is -1.82. The zero-order valence-electron chi connectivity index (χ0n) is 7.69. The Kier molecular flexibility index (Phi) is 1.89. The normalized spacial score (nSPS) is 40.6. The minimum absolute atomic E-state index is 0.0371. The van der Waals surface area contributed by atoms with Crippen LogP contribution in [-0.2, 0) is 19.1 Å². The second kappa shape index (κ2) is 2.68. The smallest absolute Gasteiger partial charge is 0.275 e. The highest BCUT2D eigenvalue weighted by Gasteiger charge is 2.73. The van der Waals surface area contributed by atoms with E-state index in [1.165, 1.54) is 0 Å². The molecule has 14 heavy (non-hydrogen) atoms. The Labute approximate surface area is 81.9 Å². The maximum Gasteiger partial charge on any atom is 0.275 e. The third-order valence-electron chi connectivity index (χ3n) is 3.12. The van der Waals surface area contributed by atoms with Crippen molar-refractivity contribution in [2.24, 2.45) is 11.7 Å². The Balaban J connectivity index is 2.38. The van der Waals surface area contributed by atoms with Crippen LogP contribution in [0, 0.1) is 5.92 Å². The van der Waals surface area contributed by atoms with Crippen LogP contribution in [0.5, 0.6) is 0 Å². The number of nitrogens with two attached hydrogens (primary N) is 1. The van der Waals surface area contributed by atoms with Gasteiger partial charge in [-0.25, -0.2) is 0 Å². The molecular weight excluding hydrogens is 208 g/mol. The van der Waals surface area contributed by atoms with Gasteiger partial charge in [-0.05, 0) is 12.3 Å². The molecule has 0 aromatic heterocycles. The maximum absolute atomic E-state index is 11.6. The van der Waals surface area contributed by atoms with Crippen molar-refractivity contribution in [3.8, 4) is 0 Å². The van der Waals surface area contributed by atoms with Gasteiger partial charge in [0, 0.05) is 6.54 Å². The van der Waals surface area contributed by atoms with Crippen LogP contribution in [0.15, 0.2) is 0 Å². The van der Waals surface area contributed by atoms with Crippen molar-refractivity contribution < 1.29 is 17.4 Å². The zero-order chi connectivity index (χ0) is 10.6. The van der Waals surface area contributed by atoms with Crippen molar-refractivity contribution in [1.82, 2.24) is 5.32 Å². The summed E-state index contributed by atoms with van der Waals surface area (Å²) in [5.74, 6) is -0.671. The second-order valence-corrected chi connectivity index (χ2v) is 5.72. The summed E-state index contributed by atoms with van der Waals surface area (Å²) in [7, 11) is -2.57. The minimum Gasteiger partial charge on any atom is -0.368 e. The SMILES string of the molecule is COS(=O)(=O)C12CC1CNC2C(N)=O. The van der Waals surface area contributed by atoms with Crippen molar-refractivity contribution in [3.05, 3.63) is 0 Å². The van der Waals surface area contributed by atoms with Gasteiger partial charge >= 0.3 is 0 Å². The van der Waals surface area contributed by atoms with Gasteiger partial charge in [-0.3, -0.25) is 8.98 Å². The molecule has 1 aliphatic carbocycles. The van der Waals surface area contributed by atoms with Gasteiger partial charge in [0.2, 0.25) is 5.91 Å². The predicted molar refractivity (Wildman–Crippen MR) is 47.8 cm³/mol. The molecule has 0 aromatic rings. The van der Waals surface area contributed by atoms with Crippen LogP contribution in [0.4, 0.5) is 0 Å². The molecule has 0 bridgehead atoms. The van der Waals surface area contributed by atoms with E-state index in [9.17, 15) is 13.2 Å². The molecule has 2 rings (SSSR count). The van der Waals surface area contributed by atoms with Crippen LogP contribution in [0.25, 0.3) is 0 Å². The molecule has 7 heteroatoms. The fourth-order valence-electron chi connectivity index (χ4n) is 2.30. The maximum atomic E-state index is 11.6. The summed E-state index contributed by atoms with van der Waals surface area (Å²) < 4.78 is 26.6. The average molecular weight is 220 g/mol. The summed E-state index contributed by atoms with van der Waals surface area (Å²) in [5.41, 5.74) is 5.13. The molecule has 2 aliphatic rings. The van der Waals surface area contributed by atoms with Gasteiger partial charge in [0.1, 0.15) is 10.8 Å². The molecule has 3 unspecified atom stereocenters. The minimum atomic E-state index is -3.68. The van der Waals surface area contributed by atoms with E-state index >= 15 is 0 Å². The highest BCUT2D eigenvalue weighted by atomic mass is 32.2. The number of primary amides is 1. The zero-order valence-corrected chi connectivity index (χ0v) is 8.50. The lowest BCUT2D eigenvalue weighted by Gasteiger charge is -2.19. The molecule has 3 atom stereocenters. The standard InChI is InChI=1S/C7H12N2O4S/c1-13-14(11,12)7-2-4(7)3-9-5(7)6(8)10/h4-5,9H,2-3H2,1H3,(H2,8,10). The molecule has 1 amide bonds. The van der Waals surface area contributed by atoms with Gasteiger partial charge < -0.3 is 11.1 Å².